The van der Waals surface area contributed by atoms with Crippen LogP contribution in [-0.4, -0.2) is 17.6 Å². The van der Waals surface area contributed by atoms with E-state index in [1.54, 1.807) is 17.8 Å². The average Bonchev–Trinajstić information content (AvgIpc) is 2.76. The number of benzene rings is 1. The predicted octanol–water partition coefficient (Wildman–Crippen LogP) is 6.39. The topological polar surface area (TPSA) is 41.5 Å². The third-order valence-corrected chi connectivity index (χ3v) is 4.47. The lowest BCUT2D eigenvalue weighted by atomic mass is 10.1. The zero-order chi connectivity index (χ0) is 19.9. The summed E-state index contributed by atoms with van der Waals surface area (Å²) in [5, 5.41) is 5.39. The Kier molecular flexibility index (Phi) is 13.8. The number of rotatable bonds is 5. The van der Waals surface area contributed by atoms with Gasteiger partial charge in [-0.05, 0) is 30.7 Å². The highest BCUT2D eigenvalue weighted by Crippen LogP contribution is 2.29. The molecule has 5 heteroatoms. The summed E-state index contributed by atoms with van der Waals surface area (Å²) in [7, 11) is 0. The van der Waals surface area contributed by atoms with Gasteiger partial charge in [0.05, 0.1) is 0 Å². The van der Waals surface area contributed by atoms with E-state index in [4.69, 9.17) is 11.6 Å². The molecule has 0 aromatic heterocycles. The molecule has 0 saturated heterocycles. The molecule has 0 radical (unpaired) electrons. The molecule has 0 unspecified atom stereocenters. The molecule has 26 heavy (non-hydrogen) atoms. The average molecular weight is 395 g/mol. The van der Waals surface area contributed by atoms with E-state index in [1.807, 2.05) is 50.4 Å². The normalized spacial score (nSPS) is 12.1. The Labute approximate surface area is 168 Å². The smallest absolute Gasteiger partial charge is 0.223 e. The van der Waals surface area contributed by atoms with Crippen molar-refractivity contribution in [2.24, 2.45) is 10.9 Å². The quantitative estimate of drug-likeness (QED) is 0.587. The maximum absolute atomic E-state index is 10.8. The van der Waals surface area contributed by atoms with E-state index in [1.165, 1.54) is 0 Å². The predicted molar refractivity (Wildman–Crippen MR) is 117 cm³/mol. The van der Waals surface area contributed by atoms with Crippen LogP contribution >= 0.6 is 23.4 Å². The van der Waals surface area contributed by atoms with Crippen molar-refractivity contribution in [2.45, 2.75) is 52.4 Å². The van der Waals surface area contributed by atoms with E-state index in [9.17, 15) is 4.79 Å². The van der Waals surface area contributed by atoms with Crippen molar-refractivity contribution >= 4 is 34.4 Å². The molecule has 1 aromatic rings. The Bertz CT molecular complexity index is 624. The Morgan fingerprint density at radius 3 is 2.62 bits per heavy atom. The number of nitrogens with zero attached hydrogens (tertiary/aromatic N) is 1. The van der Waals surface area contributed by atoms with Gasteiger partial charge in [-0.2, -0.15) is 0 Å². The molecule has 0 spiro atoms. The van der Waals surface area contributed by atoms with Crippen molar-refractivity contribution in [1.82, 2.24) is 5.32 Å². The Morgan fingerprint density at radius 1 is 1.35 bits per heavy atom. The fourth-order valence-corrected chi connectivity index (χ4v) is 2.99. The van der Waals surface area contributed by atoms with Crippen molar-refractivity contribution in [3.63, 3.8) is 0 Å². The molecule has 2 rings (SSSR count). The molecular formula is C21H31ClN2OS. The number of hydrogen-bond donors (Lipinski definition) is 1. The minimum absolute atomic E-state index is 0.0700. The van der Waals surface area contributed by atoms with E-state index >= 15 is 0 Å². The van der Waals surface area contributed by atoms with E-state index in [0.717, 1.165) is 29.1 Å². The monoisotopic (exact) mass is 394 g/mol. The minimum atomic E-state index is 0.0700. The van der Waals surface area contributed by atoms with Gasteiger partial charge in [-0.15, -0.1) is 6.58 Å². The summed E-state index contributed by atoms with van der Waals surface area (Å²) in [6, 6.07) is 8.01. The van der Waals surface area contributed by atoms with Crippen LogP contribution in [0.4, 0.5) is 0 Å². The largest absolute Gasteiger partial charge is 0.356 e. The maximum atomic E-state index is 10.8. The highest BCUT2D eigenvalue weighted by molar-refractivity contribution is 8.02. The molecule has 1 aromatic carbocycles. The van der Waals surface area contributed by atoms with E-state index in [0.29, 0.717) is 17.5 Å². The first-order chi connectivity index (χ1) is 12.4. The fraction of sp³-hybridized carbons (Fsp3) is 0.429. The molecular weight excluding hydrogens is 364 g/mol. The van der Waals surface area contributed by atoms with E-state index < -0.39 is 0 Å². The van der Waals surface area contributed by atoms with E-state index in [2.05, 4.69) is 30.7 Å². The number of fused-ring (bicyclic) bond motifs is 1. The highest BCUT2D eigenvalue weighted by Gasteiger charge is 2.09. The fourth-order valence-electron chi connectivity index (χ4n) is 1.83. The number of allylic oxidation sites excluding steroid dienone is 1. The zero-order valence-corrected chi connectivity index (χ0v) is 18.1. The van der Waals surface area contributed by atoms with Crippen LogP contribution in [0, 0.1) is 5.92 Å². The number of thioether (sulfide) groups is 1. The summed E-state index contributed by atoms with van der Waals surface area (Å²) < 4.78 is 0. The SMILES string of the molecule is C=CCC(=O)NCCC(C)C.CC.CC1=CSc2ccccc2C(Cl)=N1. The van der Waals surface area contributed by atoms with Crippen molar-refractivity contribution in [2.75, 3.05) is 6.54 Å². The van der Waals surface area contributed by atoms with E-state index in [-0.39, 0.29) is 5.91 Å². The second-order valence-electron chi connectivity index (χ2n) is 5.80. The zero-order valence-electron chi connectivity index (χ0n) is 16.5. The maximum Gasteiger partial charge on any atom is 0.223 e. The third-order valence-electron chi connectivity index (χ3n) is 3.11. The minimum Gasteiger partial charge on any atom is -0.356 e. The Morgan fingerprint density at radius 2 is 2.00 bits per heavy atom. The first-order valence-corrected chi connectivity index (χ1v) is 10.2. The standard InChI is InChI=1S/C10H8ClNS.C9H17NO.C2H6/c1-7-6-13-9-5-3-2-4-8(9)10(11)12-7;1-4-5-9(11)10-7-6-8(2)3;1-2/h2-6H,1H3;4,8H,1,5-7H2,2-3H3,(H,10,11);1-2H3. The highest BCUT2D eigenvalue weighted by atomic mass is 35.5. The Hall–Kier alpha value is -1.52. The van der Waals surface area contributed by atoms with Gasteiger partial charge in [0.1, 0.15) is 5.17 Å². The van der Waals surface area contributed by atoms with Crippen LogP contribution in [0.1, 0.15) is 53.0 Å². The summed E-state index contributed by atoms with van der Waals surface area (Å²) in [5.41, 5.74) is 1.97. The molecule has 0 bridgehead atoms. The van der Waals surface area contributed by atoms with Gasteiger partial charge in [-0.3, -0.25) is 4.79 Å². The van der Waals surface area contributed by atoms with Gasteiger partial charge in [0.15, 0.2) is 0 Å². The summed E-state index contributed by atoms with van der Waals surface area (Å²) in [6.07, 6.45) is 3.09. The van der Waals surface area contributed by atoms with Crippen molar-refractivity contribution in [1.29, 1.82) is 0 Å². The van der Waals surface area contributed by atoms with Crippen LogP contribution < -0.4 is 5.32 Å². The van der Waals surface area contributed by atoms with Crippen LogP contribution in [0.5, 0.6) is 0 Å². The lowest BCUT2D eigenvalue weighted by molar-refractivity contribution is -0.120. The van der Waals surface area contributed by atoms with Gasteiger partial charge in [0.25, 0.3) is 0 Å². The molecule has 1 heterocycles. The number of carbonyl (C=O) groups is 1. The molecule has 1 amide bonds. The molecule has 0 saturated carbocycles. The first-order valence-electron chi connectivity index (χ1n) is 8.98. The molecule has 1 aliphatic heterocycles. The molecule has 1 N–H and O–H groups in total. The van der Waals surface area contributed by atoms with Gasteiger partial charge < -0.3 is 5.32 Å². The van der Waals surface area contributed by atoms with Gasteiger partial charge in [-0.25, -0.2) is 4.99 Å². The number of amides is 1. The number of halogens is 1. The lowest BCUT2D eigenvalue weighted by Crippen LogP contribution is -2.24. The van der Waals surface area contributed by atoms with Crippen LogP contribution in [0.25, 0.3) is 0 Å². The first kappa shape index (κ1) is 24.5. The van der Waals surface area contributed by atoms with Crippen molar-refractivity contribution in [3.05, 3.63) is 53.6 Å². The van der Waals surface area contributed by atoms with Gasteiger partial charge in [-0.1, -0.05) is 75.3 Å². The van der Waals surface area contributed by atoms with Crippen LogP contribution in [0.3, 0.4) is 0 Å². The summed E-state index contributed by atoms with van der Waals surface area (Å²) in [4.78, 5) is 16.2. The Balaban J connectivity index is 0.000000446. The van der Waals surface area contributed by atoms with Crippen molar-refractivity contribution < 1.29 is 4.79 Å². The molecule has 3 nitrogen and oxygen atoms in total. The van der Waals surface area contributed by atoms with Gasteiger partial charge in [0, 0.05) is 29.1 Å². The number of nitrogens with one attached hydrogen (secondary N) is 1. The molecule has 144 valence electrons. The van der Waals surface area contributed by atoms with Crippen molar-refractivity contribution in [3.8, 4) is 0 Å². The lowest BCUT2D eigenvalue weighted by Gasteiger charge is -2.05. The second-order valence-corrected chi connectivity index (χ2v) is 7.07. The van der Waals surface area contributed by atoms with Gasteiger partial charge in [0.2, 0.25) is 5.91 Å². The van der Waals surface area contributed by atoms with Crippen LogP contribution in [0.2, 0.25) is 0 Å². The second kappa shape index (κ2) is 14.6. The van der Waals surface area contributed by atoms with Gasteiger partial charge >= 0.3 is 0 Å². The van der Waals surface area contributed by atoms with Crippen LogP contribution in [-0.2, 0) is 4.79 Å². The number of carbonyl (C=O) groups excluding carboxylic acids is 1. The molecule has 0 atom stereocenters. The molecule has 1 aliphatic rings. The summed E-state index contributed by atoms with van der Waals surface area (Å²) >= 11 is 7.70. The van der Waals surface area contributed by atoms with Crippen LogP contribution in [0.15, 0.2) is 57.9 Å². The molecule has 0 aliphatic carbocycles. The molecule has 0 fully saturated rings. The summed E-state index contributed by atoms with van der Waals surface area (Å²) in [5.74, 6) is 0.722. The summed E-state index contributed by atoms with van der Waals surface area (Å²) in [6.45, 7) is 14.5. The third kappa shape index (κ3) is 10.5. The number of hydrogen-bond acceptors (Lipinski definition) is 3. The number of aliphatic imine (C=N–C) groups is 1.